The van der Waals surface area contributed by atoms with Crippen molar-refractivity contribution in [1.29, 1.82) is 0 Å². The van der Waals surface area contributed by atoms with Crippen LogP contribution in [-0.4, -0.2) is 38.1 Å². The lowest BCUT2D eigenvalue weighted by Crippen LogP contribution is -2.41. The minimum absolute atomic E-state index is 0.501. The number of amides is 1. The van der Waals surface area contributed by atoms with E-state index in [1.54, 1.807) is 20.8 Å². The molecule has 0 rings (SSSR count). The summed E-state index contributed by atoms with van der Waals surface area (Å²) in [6.45, 7) is 3.82. The van der Waals surface area contributed by atoms with Crippen molar-refractivity contribution >= 4 is 6.09 Å². The van der Waals surface area contributed by atoms with Gasteiger partial charge >= 0.3 is 12.3 Å². The Balaban J connectivity index is 4.18. The van der Waals surface area contributed by atoms with Gasteiger partial charge in [0.15, 0.2) is 0 Å². The van der Waals surface area contributed by atoms with Crippen LogP contribution in [0.15, 0.2) is 0 Å². The fourth-order valence-corrected chi connectivity index (χ4v) is 0.991. The summed E-state index contributed by atoms with van der Waals surface area (Å²) in [4.78, 5) is 11.2. The van der Waals surface area contributed by atoms with Gasteiger partial charge in [-0.25, -0.2) is 4.79 Å². The third kappa shape index (κ3) is 7.84. The van der Waals surface area contributed by atoms with Crippen LogP contribution in [0, 0.1) is 5.92 Å². The molecular formula is C10H18F3NO3. The molecule has 0 heterocycles. The van der Waals surface area contributed by atoms with E-state index in [1.807, 2.05) is 0 Å². The number of methoxy groups -OCH3 is 1. The third-order valence-electron chi connectivity index (χ3n) is 1.72. The highest BCUT2D eigenvalue weighted by atomic mass is 19.4. The van der Waals surface area contributed by atoms with Gasteiger partial charge in [-0.05, 0) is 20.8 Å². The van der Waals surface area contributed by atoms with Crippen LogP contribution in [0.2, 0.25) is 0 Å². The van der Waals surface area contributed by atoms with E-state index in [-0.39, 0.29) is 0 Å². The highest BCUT2D eigenvalue weighted by Gasteiger charge is 2.39. The lowest BCUT2D eigenvalue weighted by Gasteiger charge is -2.22. The van der Waals surface area contributed by atoms with Crippen molar-refractivity contribution in [1.82, 2.24) is 5.32 Å². The smallest absolute Gasteiger partial charge is 0.407 e. The number of alkyl carbamates (subject to hydrolysis) is 1. The molecule has 0 fully saturated rings. The fraction of sp³-hybridized carbons (Fsp3) is 0.900. The Morgan fingerprint density at radius 3 is 2.18 bits per heavy atom. The predicted octanol–water partition coefficient (Wildman–Crippen LogP) is 2.34. The van der Waals surface area contributed by atoms with Gasteiger partial charge < -0.3 is 14.8 Å². The SMILES string of the molecule is COCC(CNC(=O)OC(C)(C)C)C(F)(F)F. The van der Waals surface area contributed by atoms with Gasteiger partial charge in [0.1, 0.15) is 5.60 Å². The quantitative estimate of drug-likeness (QED) is 0.840. The second-order valence-corrected chi connectivity index (χ2v) is 4.58. The largest absolute Gasteiger partial charge is 0.444 e. The first-order valence-corrected chi connectivity index (χ1v) is 5.08. The normalized spacial score (nSPS) is 14.3. The zero-order valence-corrected chi connectivity index (χ0v) is 10.4. The molecule has 0 aliphatic rings. The Labute approximate surface area is 98.5 Å². The molecule has 0 aromatic heterocycles. The van der Waals surface area contributed by atoms with Crippen molar-refractivity contribution in [2.75, 3.05) is 20.3 Å². The van der Waals surface area contributed by atoms with Crippen molar-refractivity contribution in [2.45, 2.75) is 32.5 Å². The van der Waals surface area contributed by atoms with Gasteiger partial charge in [-0.1, -0.05) is 0 Å². The molecular weight excluding hydrogens is 239 g/mol. The van der Waals surface area contributed by atoms with E-state index in [4.69, 9.17) is 4.74 Å². The Hall–Kier alpha value is -0.980. The molecule has 0 saturated carbocycles. The summed E-state index contributed by atoms with van der Waals surface area (Å²) in [6.07, 6.45) is -5.28. The van der Waals surface area contributed by atoms with Gasteiger partial charge in [-0.3, -0.25) is 0 Å². The fourth-order valence-electron chi connectivity index (χ4n) is 0.991. The number of hydrogen-bond acceptors (Lipinski definition) is 3. The van der Waals surface area contributed by atoms with E-state index in [0.29, 0.717) is 0 Å². The second kappa shape index (κ2) is 6.09. The number of hydrogen-bond donors (Lipinski definition) is 1. The molecule has 0 saturated heterocycles. The van der Waals surface area contributed by atoms with Crippen LogP contribution in [0.25, 0.3) is 0 Å². The molecule has 0 spiro atoms. The summed E-state index contributed by atoms with van der Waals surface area (Å²) in [6, 6.07) is 0. The van der Waals surface area contributed by atoms with E-state index in [1.165, 1.54) is 7.11 Å². The maximum Gasteiger partial charge on any atom is 0.407 e. The summed E-state index contributed by atoms with van der Waals surface area (Å²) >= 11 is 0. The molecule has 0 bridgehead atoms. The summed E-state index contributed by atoms with van der Waals surface area (Å²) < 4.78 is 46.5. The summed E-state index contributed by atoms with van der Waals surface area (Å²) in [5.74, 6) is -1.74. The molecule has 0 aromatic rings. The zero-order valence-electron chi connectivity index (χ0n) is 10.4. The molecule has 1 amide bonds. The number of nitrogens with one attached hydrogen (secondary N) is 1. The Kier molecular flexibility index (Phi) is 5.74. The van der Waals surface area contributed by atoms with Crippen molar-refractivity contribution in [3.63, 3.8) is 0 Å². The first kappa shape index (κ1) is 16.0. The van der Waals surface area contributed by atoms with Crippen LogP contribution < -0.4 is 5.32 Å². The van der Waals surface area contributed by atoms with Crippen LogP contribution in [0.5, 0.6) is 0 Å². The van der Waals surface area contributed by atoms with Crippen molar-refractivity contribution in [2.24, 2.45) is 5.92 Å². The summed E-state index contributed by atoms with van der Waals surface area (Å²) in [7, 11) is 1.17. The molecule has 4 nitrogen and oxygen atoms in total. The Morgan fingerprint density at radius 2 is 1.82 bits per heavy atom. The molecule has 1 atom stereocenters. The van der Waals surface area contributed by atoms with Crippen molar-refractivity contribution in [3.05, 3.63) is 0 Å². The van der Waals surface area contributed by atoms with E-state index < -0.39 is 36.9 Å². The van der Waals surface area contributed by atoms with Crippen LogP contribution in [0.3, 0.4) is 0 Å². The monoisotopic (exact) mass is 257 g/mol. The minimum atomic E-state index is -4.41. The molecule has 7 heteroatoms. The molecule has 1 N–H and O–H groups in total. The van der Waals surface area contributed by atoms with Crippen LogP contribution in [-0.2, 0) is 9.47 Å². The van der Waals surface area contributed by atoms with Gasteiger partial charge in [-0.2, -0.15) is 13.2 Å². The summed E-state index contributed by atoms with van der Waals surface area (Å²) in [5.41, 5.74) is -0.737. The highest BCUT2D eigenvalue weighted by Crippen LogP contribution is 2.25. The number of carbonyl (C=O) groups is 1. The first-order chi connectivity index (χ1) is 7.56. The lowest BCUT2D eigenvalue weighted by molar-refractivity contribution is -0.184. The zero-order chi connectivity index (χ0) is 13.7. The molecule has 0 radical (unpaired) electrons. The topological polar surface area (TPSA) is 47.6 Å². The van der Waals surface area contributed by atoms with Gasteiger partial charge in [0.25, 0.3) is 0 Å². The predicted molar refractivity (Wildman–Crippen MR) is 55.7 cm³/mol. The van der Waals surface area contributed by atoms with Gasteiger partial charge in [0.05, 0.1) is 12.5 Å². The maximum absolute atomic E-state index is 12.4. The number of rotatable bonds is 4. The standard InChI is InChI=1S/C10H18F3NO3/c1-9(2,3)17-8(15)14-5-7(6-16-4)10(11,12)13/h7H,5-6H2,1-4H3,(H,14,15). The third-order valence-corrected chi connectivity index (χ3v) is 1.72. The average Bonchev–Trinajstić information content (AvgIpc) is 2.07. The van der Waals surface area contributed by atoms with Gasteiger partial charge in [0.2, 0.25) is 0 Å². The van der Waals surface area contributed by atoms with Crippen LogP contribution in [0.4, 0.5) is 18.0 Å². The molecule has 0 aliphatic carbocycles. The average molecular weight is 257 g/mol. The van der Waals surface area contributed by atoms with E-state index in [9.17, 15) is 18.0 Å². The number of carbonyl (C=O) groups excluding carboxylic acids is 1. The molecule has 17 heavy (non-hydrogen) atoms. The number of ether oxygens (including phenoxy) is 2. The van der Waals surface area contributed by atoms with Gasteiger partial charge in [-0.15, -0.1) is 0 Å². The van der Waals surface area contributed by atoms with E-state index in [2.05, 4.69) is 10.1 Å². The maximum atomic E-state index is 12.4. The molecule has 0 aliphatic heterocycles. The minimum Gasteiger partial charge on any atom is -0.444 e. The Morgan fingerprint density at radius 1 is 1.29 bits per heavy atom. The first-order valence-electron chi connectivity index (χ1n) is 5.08. The lowest BCUT2D eigenvalue weighted by atomic mass is 10.1. The molecule has 102 valence electrons. The highest BCUT2D eigenvalue weighted by molar-refractivity contribution is 5.67. The van der Waals surface area contributed by atoms with Crippen molar-refractivity contribution < 1.29 is 27.4 Å². The number of alkyl halides is 3. The van der Waals surface area contributed by atoms with E-state index in [0.717, 1.165) is 0 Å². The molecule has 0 aromatic carbocycles. The number of halogens is 3. The van der Waals surface area contributed by atoms with Crippen molar-refractivity contribution in [3.8, 4) is 0 Å². The molecule has 1 unspecified atom stereocenters. The van der Waals surface area contributed by atoms with E-state index >= 15 is 0 Å². The van der Waals surface area contributed by atoms with Gasteiger partial charge in [0, 0.05) is 13.7 Å². The van der Waals surface area contributed by atoms with Crippen LogP contribution >= 0.6 is 0 Å². The summed E-state index contributed by atoms with van der Waals surface area (Å²) in [5, 5.41) is 2.07. The second-order valence-electron chi connectivity index (χ2n) is 4.58. The van der Waals surface area contributed by atoms with Crippen LogP contribution in [0.1, 0.15) is 20.8 Å². The Bertz CT molecular complexity index is 248.